The highest BCUT2D eigenvalue weighted by atomic mass is 16.5. The third-order valence-electron chi connectivity index (χ3n) is 4.66. The Morgan fingerprint density at radius 2 is 1.21 bits per heavy atom. The Morgan fingerprint density at radius 1 is 0.759 bits per heavy atom. The minimum atomic E-state index is -0.575. The number of esters is 1. The predicted octanol–water partition coefficient (Wildman–Crippen LogP) is 4.80. The molecule has 3 aromatic carbocycles. The Bertz CT molecular complexity index is 885. The van der Waals surface area contributed by atoms with E-state index < -0.39 is 11.9 Å². The van der Waals surface area contributed by atoms with E-state index in [1.807, 2.05) is 105 Å². The van der Waals surface area contributed by atoms with Crippen LogP contribution in [0.2, 0.25) is 0 Å². The molecule has 0 aliphatic heterocycles. The molecule has 0 spiro atoms. The van der Waals surface area contributed by atoms with Gasteiger partial charge < -0.3 is 9.64 Å². The molecule has 3 aromatic rings. The summed E-state index contributed by atoms with van der Waals surface area (Å²) in [5, 5.41) is 0. The molecule has 3 rings (SSSR count). The van der Waals surface area contributed by atoms with Crippen LogP contribution >= 0.6 is 0 Å². The number of nitrogens with zero attached hydrogens (tertiary/aromatic N) is 1. The van der Waals surface area contributed by atoms with Crippen molar-refractivity contribution in [3.63, 3.8) is 0 Å². The molecule has 0 aliphatic carbocycles. The average molecular weight is 387 g/mol. The van der Waals surface area contributed by atoms with E-state index in [4.69, 9.17) is 4.74 Å². The fourth-order valence-electron chi connectivity index (χ4n) is 3.36. The van der Waals surface area contributed by atoms with Crippen LogP contribution in [0.15, 0.2) is 91.0 Å². The van der Waals surface area contributed by atoms with E-state index in [-0.39, 0.29) is 18.6 Å². The van der Waals surface area contributed by atoms with Crippen molar-refractivity contribution >= 4 is 17.6 Å². The van der Waals surface area contributed by atoms with Gasteiger partial charge in [0.15, 0.2) is 6.61 Å². The van der Waals surface area contributed by atoms with Gasteiger partial charge in [-0.25, -0.2) is 0 Å². The zero-order chi connectivity index (χ0) is 20.6. The van der Waals surface area contributed by atoms with E-state index in [9.17, 15) is 9.59 Å². The fourth-order valence-corrected chi connectivity index (χ4v) is 3.36. The van der Waals surface area contributed by atoms with Crippen molar-refractivity contribution in [2.75, 3.05) is 11.5 Å². The van der Waals surface area contributed by atoms with Crippen LogP contribution in [0.4, 0.5) is 5.69 Å². The SMILES string of the molecule is CC(C)N(C(=O)COC(=O)C(c1ccccc1)c1ccccc1)c1ccccc1. The molecule has 0 saturated carbocycles. The average Bonchev–Trinajstić information content (AvgIpc) is 2.75. The summed E-state index contributed by atoms with van der Waals surface area (Å²) in [5.74, 6) is -1.26. The van der Waals surface area contributed by atoms with Crippen LogP contribution in [0.25, 0.3) is 0 Å². The van der Waals surface area contributed by atoms with Gasteiger partial charge in [0.25, 0.3) is 5.91 Å². The molecule has 0 aliphatic rings. The summed E-state index contributed by atoms with van der Waals surface area (Å²) in [7, 11) is 0. The smallest absolute Gasteiger partial charge is 0.318 e. The van der Waals surface area contributed by atoms with Crippen LogP contribution in [-0.2, 0) is 14.3 Å². The van der Waals surface area contributed by atoms with Crippen molar-refractivity contribution in [3.8, 4) is 0 Å². The van der Waals surface area contributed by atoms with E-state index >= 15 is 0 Å². The predicted molar refractivity (Wildman–Crippen MR) is 115 cm³/mol. The lowest BCUT2D eigenvalue weighted by atomic mass is 9.91. The lowest BCUT2D eigenvalue weighted by molar-refractivity contribution is -0.148. The van der Waals surface area contributed by atoms with Crippen molar-refractivity contribution < 1.29 is 14.3 Å². The number of para-hydroxylation sites is 1. The Kier molecular flexibility index (Phi) is 6.80. The molecule has 4 heteroatoms. The molecule has 0 heterocycles. The molecule has 0 unspecified atom stereocenters. The van der Waals surface area contributed by atoms with Gasteiger partial charge in [-0.2, -0.15) is 0 Å². The molecule has 0 saturated heterocycles. The van der Waals surface area contributed by atoms with Crippen molar-refractivity contribution in [1.82, 2.24) is 0 Å². The Morgan fingerprint density at radius 3 is 1.66 bits per heavy atom. The Hall–Kier alpha value is -3.40. The molecule has 0 N–H and O–H groups in total. The first-order chi connectivity index (χ1) is 14.1. The first-order valence-electron chi connectivity index (χ1n) is 9.71. The standard InChI is InChI=1S/C25H25NO3/c1-19(2)26(22-16-10-5-11-17-22)23(27)18-29-25(28)24(20-12-6-3-7-13-20)21-14-8-4-9-15-21/h3-17,19,24H,18H2,1-2H3. The van der Waals surface area contributed by atoms with Gasteiger partial charge in [-0.3, -0.25) is 9.59 Å². The highest BCUT2D eigenvalue weighted by Gasteiger charge is 2.26. The van der Waals surface area contributed by atoms with Crippen molar-refractivity contribution in [3.05, 3.63) is 102 Å². The van der Waals surface area contributed by atoms with Gasteiger partial charge >= 0.3 is 5.97 Å². The summed E-state index contributed by atoms with van der Waals surface area (Å²) in [5.41, 5.74) is 2.45. The van der Waals surface area contributed by atoms with Gasteiger partial charge in [-0.05, 0) is 37.1 Å². The summed E-state index contributed by atoms with van der Waals surface area (Å²) in [6.45, 7) is 3.56. The number of anilines is 1. The number of amides is 1. The third-order valence-corrected chi connectivity index (χ3v) is 4.66. The number of carbonyl (C=O) groups is 2. The van der Waals surface area contributed by atoms with E-state index in [0.29, 0.717) is 0 Å². The van der Waals surface area contributed by atoms with Crippen LogP contribution in [0.5, 0.6) is 0 Å². The minimum absolute atomic E-state index is 0.0531. The second-order valence-corrected chi connectivity index (χ2v) is 7.06. The second kappa shape index (κ2) is 9.69. The normalized spacial score (nSPS) is 10.8. The minimum Gasteiger partial charge on any atom is -0.455 e. The van der Waals surface area contributed by atoms with Crippen LogP contribution in [0, 0.1) is 0 Å². The Labute approximate surface area is 171 Å². The fraction of sp³-hybridized carbons (Fsp3) is 0.200. The van der Waals surface area contributed by atoms with Crippen molar-refractivity contribution in [2.45, 2.75) is 25.8 Å². The van der Waals surface area contributed by atoms with E-state index in [0.717, 1.165) is 16.8 Å². The number of hydrogen-bond donors (Lipinski definition) is 0. The van der Waals surface area contributed by atoms with Gasteiger partial charge in [0, 0.05) is 11.7 Å². The molecule has 0 radical (unpaired) electrons. The van der Waals surface area contributed by atoms with Gasteiger partial charge in [0.1, 0.15) is 5.92 Å². The van der Waals surface area contributed by atoms with Gasteiger partial charge in [-0.15, -0.1) is 0 Å². The lowest BCUT2D eigenvalue weighted by Crippen LogP contribution is -2.40. The number of ether oxygens (including phenoxy) is 1. The lowest BCUT2D eigenvalue weighted by Gasteiger charge is -2.27. The summed E-state index contributed by atoms with van der Waals surface area (Å²) < 4.78 is 5.50. The molecule has 0 bridgehead atoms. The van der Waals surface area contributed by atoms with Gasteiger partial charge in [-0.1, -0.05) is 78.9 Å². The molecule has 1 amide bonds. The van der Waals surface area contributed by atoms with Crippen LogP contribution in [0.3, 0.4) is 0 Å². The zero-order valence-electron chi connectivity index (χ0n) is 16.7. The maximum atomic E-state index is 13.0. The number of hydrogen-bond acceptors (Lipinski definition) is 3. The first-order valence-corrected chi connectivity index (χ1v) is 9.71. The van der Waals surface area contributed by atoms with Crippen molar-refractivity contribution in [2.24, 2.45) is 0 Å². The maximum Gasteiger partial charge on any atom is 0.318 e. The maximum absolute atomic E-state index is 13.0. The van der Waals surface area contributed by atoms with E-state index in [1.54, 1.807) is 4.90 Å². The molecular formula is C25H25NO3. The molecule has 4 nitrogen and oxygen atoms in total. The summed E-state index contributed by atoms with van der Waals surface area (Å²) in [4.78, 5) is 27.5. The van der Waals surface area contributed by atoms with E-state index in [1.165, 1.54) is 0 Å². The first kappa shape index (κ1) is 20.3. The number of carbonyl (C=O) groups excluding carboxylic acids is 2. The second-order valence-electron chi connectivity index (χ2n) is 7.06. The Balaban J connectivity index is 1.77. The summed E-state index contributed by atoms with van der Waals surface area (Å²) >= 11 is 0. The zero-order valence-corrected chi connectivity index (χ0v) is 16.7. The molecular weight excluding hydrogens is 362 g/mol. The van der Waals surface area contributed by atoms with E-state index in [2.05, 4.69) is 0 Å². The van der Waals surface area contributed by atoms with Crippen LogP contribution in [0.1, 0.15) is 30.9 Å². The molecule has 148 valence electrons. The van der Waals surface area contributed by atoms with Crippen LogP contribution in [-0.4, -0.2) is 24.5 Å². The van der Waals surface area contributed by atoms with Crippen molar-refractivity contribution in [1.29, 1.82) is 0 Å². The largest absolute Gasteiger partial charge is 0.455 e. The van der Waals surface area contributed by atoms with Crippen LogP contribution < -0.4 is 4.90 Å². The highest BCUT2D eigenvalue weighted by molar-refractivity contribution is 5.96. The quantitative estimate of drug-likeness (QED) is 0.547. The molecule has 0 aromatic heterocycles. The molecule has 0 fully saturated rings. The molecule has 0 atom stereocenters. The topological polar surface area (TPSA) is 46.6 Å². The van der Waals surface area contributed by atoms with Gasteiger partial charge in [0.2, 0.25) is 0 Å². The monoisotopic (exact) mass is 387 g/mol. The third kappa shape index (κ3) is 5.11. The summed E-state index contributed by atoms with van der Waals surface area (Å²) in [6.07, 6.45) is 0. The highest BCUT2D eigenvalue weighted by Crippen LogP contribution is 2.26. The molecule has 29 heavy (non-hydrogen) atoms. The number of rotatable bonds is 7. The van der Waals surface area contributed by atoms with Gasteiger partial charge in [0.05, 0.1) is 0 Å². The summed E-state index contributed by atoms with van der Waals surface area (Å²) in [6, 6.07) is 28.3. The number of benzene rings is 3.